The van der Waals surface area contributed by atoms with Crippen molar-refractivity contribution in [1.29, 1.82) is 0 Å². The summed E-state index contributed by atoms with van der Waals surface area (Å²) < 4.78 is 0. The quantitative estimate of drug-likeness (QED) is 0.686. The van der Waals surface area contributed by atoms with Crippen LogP contribution in [-0.4, -0.2) is 34.9 Å². The number of carbonyl (C=O) groups excluding carboxylic acids is 2. The maximum atomic E-state index is 12.9. The van der Waals surface area contributed by atoms with Crippen LogP contribution in [0.15, 0.2) is 23.0 Å². The number of nitrogens with one attached hydrogen (secondary N) is 3. The summed E-state index contributed by atoms with van der Waals surface area (Å²) in [6.07, 6.45) is 3.00. The third-order valence-corrected chi connectivity index (χ3v) is 5.66. The first-order valence-corrected chi connectivity index (χ1v) is 10.1. The minimum Gasteiger partial charge on any atom is -0.342 e. The molecule has 29 heavy (non-hydrogen) atoms. The summed E-state index contributed by atoms with van der Waals surface area (Å²) in [5.41, 5.74) is 0.0138. The number of benzene rings is 1. The Hall–Kier alpha value is -2.58. The van der Waals surface area contributed by atoms with Crippen molar-refractivity contribution in [2.75, 3.05) is 28.6 Å². The van der Waals surface area contributed by atoms with E-state index < -0.39 is 17.4 Å². The molecule has 0 aliphatic carbocycles. The van der Waals surface area contributed by atoms with E-state index in [1.807, 2.05) is 4.90 Å². The molecule has 152 valence electrons. The standard InChI is InChI=1S/C19H19Cl2N5O3/c20-10-4-5-12(21)13(8-10)22-17(28)11-9-14(27)23-16-15(11)18(29)25-19(24-16)26-6-2-1-3-7-26/h4-5,8,11H,1-3,6-7,9H2,(H,22,28)(H2,23,24,25,27,29)/t11-/m0/s1. The number of anilines is 3. The molecule has 2 aromatic rings. The zero-order valence-corrected chi connectivity index (χ0v) is 16.9. The predicted molar refractivity (Wildman–Crippen MR) is 112 cm³/mol. The van der Waals surface area contributed by atoms with E-state index in [4.69, 9.17) is 23.2 Å². The van der Waals surface area contributed by atoms with Gasteiger partial charge in [-0.15, -0.1) is 0 Å². The number of rotatable bonds is 3. The highest BCUT2D eigenvalue weighted by atomic mass is 35.5. The summed E-state index contributed by atoms with van der Waals surface area (Å²) in [5, 5.41) is 5.99. The number of H-pyrrole nitrogens is 1. The monoisotopic (exact) mass is 435 g/mol. The highest BCUT2D eigenvalue weighted by Crippen LogP contribution is 2.32. The number of hydrogen-bond donors (Lipinski definition) is 3. The van der Waals surface area contributed by atoms with Crippen molar-refractivity contribution in [2.24, 2.45) is 0 Å². The van der Waals surface area contributed by atoms with E-state index in [0.717, 1.165) is 32.4 Å². The van der Waals surface area contributed by atoms with Gasteiger partial charge in [0.25, 0.3) is 5.56 Å². The number of piperidine rings is 1. The largest absolute Gasteiger partial charge is 0.342 e. The Morgan fingerprint density at radius 1 is 1.17 bits per heavy atom. The average Bonchev–Trinajstić information content (AvgIpc) is 2.70. The van der Waals surface area contributed by atoms with E-state index >= 15 is 0 Å². The minimum absolute atomic E-state index is 0.128. The molecule has 1 aromatic heterocycles. The third kappa shape index (κ3) is 4.09. The maximum Gasteiger partial charge on any atom is 0.258 e. The highest BCUT2D eigenvalue weighted by Gasteiger charge is 2.35. The second-order valence-corrected chi connectivity index (χ2v) is 7.96. The van der Waals surface area contributed by atoms with E-state index in [0.29, 0.717) is 21.7 Å². The Labute approximate surface area is 176 Å². The molecule has 1 saturated heterocycles. The predicted octanol–water partition coefficient (Wildman–Crippen LogP) is 3.13. The smallest absolute Gasteiger partial charge is 0.258 e. The van der Waals surface area contributed by atoms with E-state index in [-0.39, 0.29) is 23.7 Å². The molecule has 0 saturated carbocycles. The Balaban J connectivity index is 1.66. The van der Waals surface area contributed by atoms with Gasteiger partial charge in [-0.25, -0.2) is 0 Å². The molecule has 1 fully saturated rings. The molecule has 3 N–H and O–H groups in total. The van der Waals surface area contributed by atoms with Gasteiger partial charge < -0.3 is 15.5 Å². The molecule has 10 heteroatoms. The first-order valence-electron chi connectivity index (χ1n) is 9.37. The molecule has 2 aliphatic rings. The lowest BCUT2D eigenvalue weighted by Crippen LogP contribution is -2.38. The van der Waals surface area contributed by atoms with E-state index in [1.54, 1.807) is 12.1 Å². The lowest BCUT2D eigenvalue weighted by Gasteiger charge is -2.29. The van der Waals surface area contributed by atoms with Crippen molar-refractivity contribution in [3.05, 3.63) is 44.2 Å². The first-order chi connectivity index (χ1) is 13.9. The SMILES string of the molecule is O=C1C[C@H](C(=O)Nc2cc(Cl)ccc2Cl)c2c(nc(N3CCCCC3)[nH]c2=O)N1. The van der Waals surface area contributed by atoms with E-state index in [1.165, 1.54) is 6.07 Å². The fourth-order valence-corrected chi connectivity index (χ4v) is 3.99. The molecule has 2 amide bonds. The molecule has 2 aliphatic heterocycles. The van der Waals surface area contributed by atoms with Gasteiger partial charge >= 0.3 is 0 Å². The summed E-state index contributed by atoms with van der Waals surface area (Å²) in [5.74, 6) is -1.35. The van der Waals surface area contributed by atoms with Gasteiger partial charge in [-0.3, -0.25) is 19.4 Å². The lowest BCUT2D eigenvalue weighted by atomic mass is 9.92. The molecule has 0 spiro atoms. The second-order valence-electron chi connectivity index (χ2n) is 7.12. The van der Waals surface area contributed by atoms with Crippen LogP contribution < -0.4 is 21.1 Å². The molecule has 4 rings (SSSR count). The van der Waals surface area contributed by atoms with Crippen LogP contribution in [0, 0.1) is 0 Å². The van der Waals surface area contributed by atoms with Crippen molar-refractivity contribution in [3.8, 4) is 0 Å². The zero-order chi connectivity index (χ0) is 20.5. The minimum atomic E-state index is -0.986. The summed E-state index contributed by atoms with van der Waals surface area (Å²) in [4.78, 5) is 47.1. The number of fused-ring (bicyclic) bond motifs is 1. The van der Waals surface area contributed by atoms with Crippen LogP contribution in [0.4, 0.5) is 17.5 Å². The second kappa shape index (κ2) is 8.04. The van der Waals surface area contributed by atoms with Crippen LogP contribution in [-0.2, 0) is 9.59 Å². The number of aromatic nitrogens is 2. The number of halogens is 2. The van der Waals surface area contributed by atoms with Gasteiger partial charge in [-0.1, -0.05) is 23.2 Å². The third-order valence-electron chi connectivity index (χ3n) is 5.10. The Morgan fingerprint density at radius 2 is 1.93 bits per heavy atom. The van der Waals surface area contributed by atoms with Crippen LogP contribution in [0.2, 0.25) is 10.0 Å². The van der Waals surface area contributed by atoms with Gasteiger partial charge in [-0.05, 0) is 37.5 Å². The lowest BCUT2D eigenvalue weighted by molar-refractivity contribution is -0.123. The zero-order valence-electron chi connectivity index (χ0n) is 15.4. The summed E-state index contributed by atoms with van der Waals surface area (Å²) in [6.45, 7) is 1.57. The van der Waals surface area contributed by atoms with Crippen molar-refractivity contribution >= 4 is 52.5 Å². The van der Waals surface area contributed by atoms with Crippen LogP contribution in [0.1, 0.15) is 37.2 Å². The number of nitrogens with zero attached hydrogens (tertiary/aromatic N) is 2. The number of carbonyl (C=O) groups is 2. The highest BCUT2D eigenvalue weighted by molar-refractivity contribution is 6.35. The Bertz CT molecular complexity index is 1030. The van der Waals surface area contributed by atoms with Gasteiger partial charge in [0.05, 0.1) is 22.2 Å². The molecule has 0 bridgehead atoms. The summed E-state index contributed by atoms with van der Waals surface area (Å²) >= 11 is 12.1. The topological polar surface area (TPSA) is 107 Å². The molecule has 0 radical (unpaired) electrons. The van der Waals surface area contributed by atoms with E-state index in [2.05, 4.69) is 20.6 Å². The maximum absolute atomic E-state index is 12.9. The van der Waals surface area contributed by atoms with Crippen LogP contribution in [0.25, 0.3) is 0 Å². The Kier molecular flexibility index (Phi) is 5.47. The fraction of sp³-hybridized carbons (Fsp3) is 0.368. The van der Waals surface area contributed by atoms with Crippen molar-refractivity contribution in [2.45, 2.75) is 31.6 Å². The summed E-state index contributed by atoms with van der Waals surface area (Å²) in [7, 11) is 0. The molecule has 1 aromatic carbocycles. The van der Waals surface area contributed by atoms with Gasteiger partial charge in [-0.2, -0.15) is 4.98 Å². The molecule has 1 atom stereocenters. The van der Waals surface area contributed by atoms with Gasteiger partial charge in [0.15, 0.2) is 0 Å². The first kappa shape index (κ1) is 19.7. The van der Waals surface area contributed by atoms with E-state index in [9.17, 15) is 14.4 Å². The fourth-order valence-electron chi connectivity index (χ4n) is 3.65. The molecular weight excluding hydrogens is 417 g/mol. The molecule has 8 nitrogen and oxygen atoms in total. The van der Waals surface area contributed by atoms with Crippen LogP contribution >= 0.6 is 23.2 Å². The number of amides is 2. The number of aromatic amines is 1. The molecular formula is C19H19Cl2N5O3. The van der Waals surface area contributed by atoms with Gasteiger partial charge in [0.2, 0.25) is 17.8 Å². The van der Waals surface area contributed by atoms with Crippen molar-refractivity contribution in [1.82, 2.24) is 9.97 Å². The Morgan fingerprint density at radius 3 is 2.69 bits per heavy atom. The van der Waals surface area contributed by atoms with Crippen molar-refractivity contribution in [3.63, 3.8) is 0 Å². The molecule has 0 unspecified atom stereocenters. The van der Waals surface area contributed by atoms with Crippen molar-refractivity contribution < 1.29 is 9.59 Å². The summed E-state index contributed by atoms with van der Waals surface area (Å²) in [6, 6.07) is 4.66. The van der Waals surface area contributed by atoms with Crippen LogP contribution in [0.3, 0.4) is 0 Å². The van der Waals surface area contributed by atoms with Gasteiger partial charge in [0, 0.05) is 24.5 Å². The number of hydrogen-bond acceptors (Lipinski definition) is 5. The normalized spacial score (nSPS) is 18.8. The molecule has 3 heterocycles. The van der Waals surface area contributed by atoms with Gasteiger partial charge in [0.1, 0.15) is 5.82 Å². The average molecular weight is 436 g/mol. The van der Waals surface area contributed by atoms with Crippen LogP contribution in [0.5, 0.6) is 0 Å².